The first-order chi connectivity index (χ1) is 7.16. The third kappa shape index (κ3) is 2.26. The quantitative estimate of drug-likeness (QED) is 0.686. The molecule has 0 aromatic heterocycles. The summed E-state index contributed by atoms with van der Waals surface area (Å²) in [5.74, 6) is 0.471. The molecular formula is C11H12O3S. The van der Waals surface area contributed by atoms with Crippen molar-refractivity contribution in [1.82, 2.24) is 0 Å². The SMILES string of the molecule is CC(=O)OC1Oc2ccccc2SC1C. The number of rotatable bonds is 1. The molecule has 0 fully saturated rings. The average Bonchev–Trinajstić information content (AvgIpc) is 2.18. The lowest BCUT2D eigenvalue weighted by molar-refractivity contribution is -0.161. The third-order valence-corrected chi connectivity index (χ3v) is 3.26. The molecular weight excluding hydrogens is 212 g/mol. The number of benzene rings is 1. The highest BCUT2D eigenvalue weighted by atomic mass is 32.2. The van der Waals surface area contributed by atoms with Gasteiger partial charge in [-0.05, 0) is 19.1 Å². The van der Waals surface area contributed by atoms with Gasteiger partial charge in [-0.3, -0.25) is 4.79 Å². The molecule has 0 N–H and O–H groups in total. The first-order valence-corrected chi connectivity index (χ1v) is 5.64. The molecule has 1 aliphatic heterocycles. The van der Waals surface area contributed by atoms with E-state index < -0.39 is 6.29 Å². The van der Waals surface area contributed by atoms with Crippen LogP contribution >= 0.6 is 11.8 Å². The predicted molar refractivity (Wildman–Crippen MR) is 57.9 cm³/mol. The molecule has 1 aromatic rings. The maximum Gasteiger partial charge on any atom is 0.305 e. The number of thioether (sulfide) groups is 1. The van der Waals surface area contributed by atoms with Crippen LogP contribution in [0.2, 0.25) is 0 Å². The van der Waals surface area contributed by atoms with E-state index in [1.54, 1.807) is 11.8 Å². The Bertz CT molecular complexity index is 378. The summed E-state index contributed by atoms with van der Waals surface area (Å²) < 4.78 is 10.7. The minimum Gasteiger partial charge on any atom is -0.452 e. The molecule has 1 aliphatic rings. The van der Waals surface area contributed by atoms with Gasteiger partial charge in [-0.25, -0.2) is 0 Å². The topological polar surface area (TPSA) is 35.5 Å². The molecule has 4 heteroatoms. The Hall–Kier alpha value is -1.16. The maximum absolute atomic E-state index is 10.9. The minimum absolute atomic E-state index is 0.115. The Kier molecular flexibility index (Phi) is 2.86. The molecule has 2 atom stereocenters. The summed E-state index contributed by atoms with van der Waals surface area (Å²) in [6, 6.07) is 7.75. The lowest BCUT2D eigenvalue weighted by Crippen LogP contribution is -2.34. The molecule has 80 valence electrons. The number of ether oxygens (including phenoxy) is 2. The van der Waals surface area contributed by atoms with Gasteiger partial charge in [-0.2, -0.15) is 0 Å². The van der Waals surface area contributed by atoms with Crippen molar-refractivity contribution in [1.29, 1.82) is 0 Å². The lowest BCUT2D eigenvalue weighted by Gasteiger charge is -2.29. The smallest absolute Gasteiger partial charge is 0.305 e. The van der Waals surface area contributed by atoms with Crippen LogP contribution in [0.5, 0.6) is 5.75 Å². The van der Waals surface area contributed by atoms with Crippen molar-refractivity contribution in [3.05, 3.63) is 24.3 Å². The molecule has 0 radical (unpaired) electrons. The van der Waals surface area contributed by atoms with Crippen LogP contribution in [0.25, 0.3) is 0 Å². The van der Waals surface area contributed by atoms with E-state index in [4.69, 9.17) is 9.47 Å². The number of para-hydroxylation sites is 1. The Morgan fingerprint density at radius 3 is 2.93 bits per heavy atom. The van der Waals surface area contributed by atoms with Crippen LogP contribution in [0, 0.1) is 0 Å². The van der Waals surface area contributed by atoms with Crippen molar-refractivity contribution in [2.45, 2.75) is 30.3 Å². The van der Waals surface area contributed by atoms with E-state index in [1.165, 1.54) is 6.92 Å². The fourth-order valence-corrected chi connectivity index (χ4v) is 2.42. The monoisotopic (exact) mass is 224 g/mol. The van der Waals surface area contributed by atoms with Crippen LogP contribution in [0.3, 0.4) is 0 Å². The highest BCUT2D eigenvalue weighted by molar-refractivity contribution is 8.00. The standard InChI is InChI=1S/C11H12O3S/c1-7-11(13-8(2)12)14-9-5-3-4-6-10(9)15-7/h3-7,11H,1-2H3. The summed E-state index contributed by atoms with van der Waals surface area (Å²) in [7, 11) is 0. The fraction of sp³-hybridized carbons (Fsp3) is 0.364. The van der Waals surface area contributed by atoms with Crippen molar-refractivity contribution in [2.24, 2.45) is 0 Å². The first-order valence-electron chi connectivity index (χ1n) is 4.76. The molecule has 0 bridgehead atoms. The van der Waals surface area contributed by atoms with Gasteiger partial charge in [0, 0.05) is 6.92 Å². The molecule has 0 amide bonds. The van der Waals surface area contributed by atoms with Gasteiger partial charge in [0.1, 0.15) is 5.75 Å². The second-order valence-electron chi connectivity index (χ2n) is 3.37. The lowest BCUT2D eigenvalue weighted by atomic mass is 10.3. The summed E-state index contributed by atoms with van der Waals surface area (Å²) in [5, 5.41) is 0.115. The van der Waals surface area contributed by atoms with Gasteiger partial charge in [-0.1, -0.05) is 12.1 Å². The van der Waals surface area contributed by atoms with E-state index in [-0.39, 0.29) is 11.2 Å². The largest absolute Gasteiger partial charge is 0.452 e. The molecule has 2 unspecified atom stereocenters. The van der Waals surface area contributed by atoms with Crippen molar-refractivity contribution in [3.63, 3.8) is 0 Å². The van der Waals surface area contributed by atoms with E-state index >= 15 is 0 Å². The Morgan fingerprint density at radius 2 is 2.20 bits per heavy atom. The molecule has 2 rings (SSSR count). The molecule has 0 aliphatic carbocycles. The van der Waals surface area contributed by atoms with E-state index in [0.29, 0.717) is 0 Å². The second-order valence-corrected chi connectivity index (χ2v) is 4.78. The molecule has 0 saturated carbocycles. The zero-order chi connectivity index (χ0) is 10.8. The molecule has 1 heterocycles. The number of hydrogen-bond acceptors (Lipinski definition) is 4. The predicted octanol–water partition coefficient (Wildman–Crippen LogP) is 2.45. The van der Waals surface area contributed by atoms with Crippen molar-refractivity contribution in [2.75, 3.05) is 0 Å². The van der Waals surface area contributed by atoms with E-state index in [2.05, 4.69) is 0 Å². The van der Waals surface area contributed by atoms with Gasteiger partial charge in [-0.15, -0.1) is 11.8 Å². The number of carbonyl (C=O) groups excluding carboxylic acids is 1. The Balaban J connectivity index is 2.18. The molecule has 0 saturated heterocycles. The van der Waals surface area contributed by atoms with Crippen LogP contribution in [0.1, 0.15) is 13.8 Å². The van der Waals surface area contributed by atoms with E-state index in [9.17, 15) is 4.79 Å². The van der Waals surface area contributed by atoms with E-state index in [0.717, 1.165) is 10.6 Å². The Morgan fingerprint density at radius 1 is 1.47 bits per heavy atom. The zero-order valence-corrected chi connectivity index (χ0v) is 9.41. The first kappa shape index (κ1) is 10.4. The third-order valence-electron chi connectivity index (χ3n) is 2.07. The van der Waals surface area contributed by atoms with E-state index in [1.807, 2.05) is 31.2 Å². The van der Waals surface area contributed by atoms with Crippen LogP contribution in [0.4, 0.5) is 0 Å². The minimum atomic E-state index is -0.484. The van der Waals surface area contributed by atoms with Crippen molar-refractivity contribution < 1.29 is 14.3 Å². The number of carbonyl (C=O) groups is 1. The van der Waals surface area contributed by atoms with Gasteiger partial charge >= 0.3 is 5.97 Å². The van der Waals surface area contributed by atoms with Crippen molar-refractivity contribution in [3.8, 4) is 5.75 Å². The fourth-order valence-electron chi connectivity index (χ4n) is 1.41. The molecule has 3 nitrogen and oxygen atoms in total. The zero-order valence-electron chi connectivity index (χ0n) is 8.60. The molecule has 0 spiro atoms. The summed E-state index contributed by atoms with van der Waals surface area (Å²) >= 11 is 1.66. The van der Waals surface area contributed by atoms with Gasteiger partial charge < -0.3 is 9.47 Å². The summed E-state index contributed by atoms with van der Waals surface area (Å²) in [6.45, 7) is 3.37. The van der Waals surface area contributed by atoms with Crippen LogP contribution < -0.4 is 4.74 Å². The summed E-state index contributed by atoms with van der Waals surface area (Å²) in [4.78, 5) is 11.9. The Labute approximate surface area is 92.8 Å². The summed E-state index contributed by atoms with van der Waals surface area (Å²) in [5.41, 5.74) is 0. The number of fused-ring (bicyclic) bond motifs is 1. The van der Waals surface area contributed by atoms with Crippen LogP contribution in [0.15, 0.2) is 29.2 Å². The average molecular weight is 224 g/mol. The van der Waals surface area contributed by atoms with Crippen LogP contribution in [-0.2, 0) is 9.53 Å². The van der Waals surface area contributed by atoms with Gasteiger partial charge in [0.25, 0.3) is 6.29 Å². The van der Waals surface area contributed by atoms with Crippen molar-refractivity contribution >= 4 is 17.7 Å². The highest BCUT2D eigenvalue weighted by Crippen LogP contribution is 2.39. The van der Waals surface area contributed by atoms with Crippen LogP contribution in [-0.4, -0.2) is 17.5 Å². The highest BCUT2D eigenvalue weighted by Gasteiger charge is 2.29. The summed E-state index contributed by atoms with van der Waals surface area (Å²) in [6.07, 6.45) is -0.484. The molecule has 15 heavy (non-hydrogen) atoms. The second kappa shape index (κ2) is 4.14. The normalized spacial score (nSPS) is 23.9. The van der Waals surface area contributed by atoms with Gasteiger partial charge in [0.2, 0.25) is 0 Å². The van der Waals surface area contributed by atoms with Gasteiger partial charge in [0.15, 0.2) is 0 Å². The van der Waals surface area contributed by atoms with Gasteiger partial charge in [0.05, 0.1) is 10.1 Å². The molecule has 1 aromatic carbocycles. The maximum atomic E-state index is 10.9. The number of hydrogen-bond donors (Lipinski definition) is 0. The number of esters is 1.